The first-order chi connectivity index (χ1) is 9.85. The molecule has 0 heterocycles. The first-order valence-electron chi connectivity index (χ1n) is 6.27. The van der Waals surface area contributed by atoms with Crippen molar-refractivity contribution in [2.75, 3.05) is 27.4 Å². The third-order valence-corrected chi connectivity index (χ3v) is 4.57. The Labute approximate surface area is 123 Å². The van der Waals surface area contributed by atoms with Crippen molar-refractivity contribution in [2.24, 2.45) is 0 Å². The zero-order valence-corrected chi connectivity index (χ0v) is 13.0. The molecule has 0 amide bonds. The molecule has 1 aromatic carbocycles. The second kappa shape index (κ2) is 7.81. The van der Waals surface area contributed by atoms with Gasteiger partial charge >= 0.3 is 0 Å². The van der Waals surface area contributed by atoms with E-state index in [9.17, 15) is 12.8 Å². The van der Waals surface area contributed by atoms with Crippen LogP contribution in [0.25, 0.3) is 0 Å². The van der Waals surface area contributed by atoms with Crippen molar-refractivity contribution in [3.05, 3.63) is 29.1 Å². The summed E-state index contributed by atoms with van der Waals surface area (Å²) in [5.74, 6) is -0.679. The smallest absolute Gasteiger partial charge is 0.241 e. The molecule has 0 saturated carbocycles. The van der Waals surface area contributed by atoms with Crippen LogP contribution in [-0.2, 0) is 26.1 Å². The molecule has 0 aliphatic carbocycles. The number of halogens is 1. The van der Waals surface area contributed by atoms with E-state index in [4.69, 9.17) is 14.6 Å². The average molecular weight is 321 g/mol. The summed E-state index contributed by atoms with van der Waals surface area (Å²) in [7, 11) is -0.989. The molecule has 120 valence electrons. The minimum atomic E-state index is -3.91. The molecule has 8 heteroatoms. The van der Waals surface area contributed by atoms with Gasteiger partial charge in [-0.1, -0.05) is 0 Å². The summed E-state index contributed by atoms with van der Waals surface area (Å²) in [6, 6.07) is 2.36. The van der Waals surface area contributed by atoms with Crippen molar-refractivity contribution in [1.82, 2.24) is 4.72 Å². The molecule has 0 aliphatic heterocycles. The molecule has 21 heavy (non-hydrogen) atoms. The molecule has 0 saturated heterocycles. The van der Waals surface area contributed by atoms with Gasteiger partial charge in [-0.05, 0) is 24.6 Å². The first kappa shape index (κ1) is 18.0. The van der Waals surface area contributed by atoms with E-state index in [0.717, 1.165) is 6.07 Å². The molecular formula is C13H20FNO5S. The van der Waals surface area contributed by atoms with E-state index in [1.165, 1.54) is 27.2 Å². The molecule has 2 N–H and O–H groups in total. The monoisotopic (exact) mass is 321 g/mol. The highest BCUT2D eigenvalue weighted by atomic mass is 32.2. The van der Waals surface area contributed by atoms with Crippen molar-refractivity contribution < 1.29 is 27.4 Å². The van der Waals surface area contributed by atoms with Gasteiger partial charge in [0.2, 0.25) is 10.0 Å². The van der Waals surface area contributed by atoms with Gasteiger partial charge in [0.25, 0.3) is 0 Å². The van der Waals surface area contributed by atoms with Crippen LogP contribution in [0, 0.1) is 12.7 Å². The van der Waals surface area contributed by atoms with Crippen LogP contribution in [0.1, 0.15) is 11.1 Å². The predicted molar refractivity (Wildman–Crippen MR) is 74.9 cm³/mol. The van der Waals surface area contributed by atoms with E-state index < -0.39 is 28.6 Å². The summed E-state index contributed by atoms with van der Waals surface area (Å²) in [4.78, 5) is -0.196. The standard InChI is InChI=1S/C13H20FNO5S/c1-9-12(14)4-10(7-16)5-13(9)21(17,18)15-6-11(20-3)8-19-2/h4-5,11,15-16H,6-8H2,1-3H3. The zero-order valence-electron chi connectivity index (χ0n) is 12.2. The van der Waals surface area contributed by atoms with Gasteiger partial charge in [0.15, 0.2) is 0 Å². The highest BCUT2D eigenvalue weighted by Crippen LogP contribution is 2.20. The average Bonchev–Trinajstić information content (AvgIpc) is 2.45. The second-order valence-corrected chi connectivity index (χ2v) is 6.26. The molecule has 6 nitrogen and oxygen atoms in total. The van der Waals surface area contributed by atoms with Gasteiger partial charge < -0.3 is 14.6 Å². The van der Waals surface area contributed by atoms with Crippen LogP contribution < -0.4 is 4.72 Å². The van der Waals surface area contributed by atoms with E-state index in [2.05, 4.69) is 4.72 Å². The normalized spacial score (nSPS) is 13.4. The maximum atomic E-state index is 13.7. The number of aliphatic hydroxyl groups excluding tert-OH is 1. The molecular weight excluding hydrogens is 301 g/mol. The van der Waals surface area contributed by atoms with Gasteiger partial charge in [0, 0.05) is 26.3 Å². The largest absolute Gasteiger partial charge is 0.392 e. The quantitative estimate of drug-likeness (QED) is 0.731. The SMILES string of the molecule is COCC(CNS(=O)(=O)c1cc(CO)cc(F)c1C)OC. The van der Waals surface area contributed by atoms with Crippen LogP contribution >= 0.6 is 0 Å². The van der Waals surface area contributed by atoms with Crippen LogP contribution in [0.2, 0.25) is 0 Å². The summed E-state index contributed by atoms with van der Waals surface area (Å²) >= 11 is 0. The molecule has 0 aliphatic rings. The molecule has 1 aromatic rings. The lowest BCUT2D eigenvalue weighted by atomic mass is 10.1. The van der Waals surface area contributed by atoms with Crippen LogP contribution in [-0.4, -0.2) is 47.0 Å². The second-order valence-electron chi connectivity index (χ2n) is 4.52. The molecule has 1 rings (SSSR count). The number of benzene rings is 1. The fourth-order valence-electron chi connectivity index (χ4n) is 1.75. The van der Waals surface area contributed by atoms with Crippen molar-refractivity contribution in [3.63, 3.8) is 0 Å². The fourth-order valence-corrected chi connectivity index (χ4v) is 3.12. The van der Waals surface area contributed by atoms with Gasteiger partial charge in [-0.2, -0.15) is 0 Å². The number of hydrogen-bond donors (Lipinski definition) is 2. The number of rotatable bonds is 8. The molecule has 0 spiro atoms. The topological polar surface area (TPSA) is 84.9 Å². The minimum absolute atomic E-state index is 0.000378. The van der Waals surface area contributed by atoms with Crippen molar-refractivity contribution in [1.29, 1.82) is 0 Å². The van der Waals surface area contributed by atoms with Gasteiger partial charge in [-0.15, -0.1) is 0 Å². The third kappa shape index (κ3) is 4.72. The Morgan fingerprint density at radius 3 is 2.57 bits per heavy atom. The Morgan fingerprint density at radius 2 is 2.05 bits per heavy atom. The summed E-state index contributed by atoms with van der Waals surface area (Å²) in [5, 5.41) is 9.05. The minimum Gasteiger partial charge on any atom is -0.392 e. The van der Waals surface area contributed by atoms with Gasteiger partial charge in [0.1, 0.15) is 5.82 Å². The number of aliphatic hydroxyl groups is 1. The van der Waals surface area contributed by atoms with Crippen LogP contribution in [0.5, 0.6) is 0 Å². The lowest BCUT2D eigenvalue weighted by molar-refractivity contribution is 0.0320. The highest BCUT2D eigenvalue weighted by molar-refractivity contribution is 7.89. The number of nitrogens with one attached hydrogen (secondary N) is 1. The fraction of sp³-hybridized carbons (Fsp3) is 0.538. The summed E-state index contributed by atoms with van der Waals surface area (Å²) in [5.41, 5.74) is 0.194. The summed E-state index contributed by atoms with van der Waals surface area (Å²) in [6.07, 6.45) is -0.448. The molecule has 1 atom stereocenters. The molecule has 0 bridgehead atoms. The van der Waals surface area contributed by atoms with Gasteiger partial charge in [-0.3, -0.25) is 0 Å². The van der Waals surface area contributed by atoms with Crippen molar-refractivity contribution in [3.8, 4) is 0 Å². The van der Waals surface area contributed by atoms with Crippen molar-refractivity contribution >= 4 is 10.0 Å². The van der Waals surface area contributed by atoms with Gasteiger partial charge in [0.05, 0.1) is 24.2 Å². The van der Waals surface area contributed by atoms with E-state index in [-0.39, 0.29) is 29.2 Å². The number of hydrogen-bond acceptors (Lipinski definition) is 5. The highest BCUT2D eigenvalue weighted by Gasteiger charge is 2.21. The molecule has 1 unspecified atom stereocenters. The van der Waals surface area contributed by atoms with E-state index >= 15 is 0 Å². The van der Waals surface area contributed by atoms with Crippen LogP contribution in [0.4, 0.5) is 4.39 Å². The number of ether oxygens (including phenoxy) is 2. The first-order valence-corrected chi connectivity index (χ1v) is 7.75. The Balaban J connectivity index is 3.00. The predicted octanol–water partition coefficient (Wildman–Crippen LogP) is 0.566. The number of sulfonamides is 1. The molecule has 0 radical (unpaired) electrons. The Bertz CT molecular complexity index is 576. The van der Waals surface area contributed by atoms with Gasteiger partial charge in [-0.25, -0.2) is 17.5 Å². The van der Waals surface area contributed by atoms with E-state index in [1.54, 1.807) is 0 Å². The third-order valence-electron chi connectivity index (χ3n) is 3.02. The lowest BCUT2D eigenvalue weighted by Crippen LogP contribution is -2.36. The lowest BCUT2D eigenvalue weighted by Gasteiger charge is -2.16. The summed E-state index contributed by atoms with van der Waals surface area (Å²) < 4.78 is 50.5. The maximum absolute atomic E-state index is 13.7. The Hall–Kier alpha value is -1.06. The van der Waals surface area contributed by atoms with E-state index in [1.807, 2.05) is 0 Å². The van der Waals surface area contributed by atoms with Crippen LogP contribution in [0.3, 0.4) is 0 Å². The zero-order chi connectivity index (χ0) is 16.0. The Morgan fingerprint density at radius 1 is 1.38 bits per heavy atom. The van der Waals surface area contributed by atoms with Crippen molar-refractivity contribution in [2.45, 2.75) is 24.5 Å². The number of methoxy groups -OCH3 is 2. The Kier molecular flexibility index (Phi) is 6.69. The summed E-state index contributed by atoms with van der Waals surface area (Å²) in [6.45, 7) is 1.15. The van der Waals surface area contributed by atoms with Crippen LogP contribution in [0.15, 0.2) is 17.0 Å². The molecule has 0 fully saturated rings. The van der Waals surface area contributed by atoms with E-state index in [0.29, 0.717) is 0 Å². The molecule has 0 aromatic heterocycles. The maximum Gasteiger partial charge on any atom is 0.241 e.